The molecule has 0 aromatic heterocycles. The lowest BCUT2D eigenvalue weighted by molar-refractivity contribution is -0.127. The number of carbonyl (C=O) groups is 1. The van der Waals surface area contributed by atoms with Crippen molar-refractivity contribution < 1.29 is 9.53 Å². The van der Waals surface area contributed by atoms with Crippen LogP contribution in [-0.4, -0.2) is 42.6 Å². The summed E-state index contributed by atoms with van der Waals surface area (Å²) >= 11 is 0. The Hall–Kier alpha value is -2.84. The summed E-state index contributed by atoms with van der Waals surface area (Å²) < 4.78 is 5.70. The Bertz CT molecular complexity index is 765. The van der Waals surface area contributed by atoms with Gasteiger partial charge in [0.15, 0.2) is 6.10 Å². The van der Waals surface area contributed by atoms with Crippen LogP contribution in [0.5, 0.6) is 5.75 Å². The van der Waals surface area contributed by atoms with Crippen LogP contribution in [-0.2, 0) is 11.2 Å². The van der Waals surface area contributed by atoms with Gasteiger partial charge in [-0.05, 0) is 56.3 Å². The van der Waals surface area contributed by atoms with Crippen molar-refractivity contribution in [2.45, 2.75) is 39.3 Å². The molecule has 5 heteroatoms. The van der Waals surface area contributed by atoms with E-state index >= 15 is 0 Å². The monoisotopic (exact) mass is 379 g/mol. The van der Waals surface area contributed by atoms with E-state index in [2.05, 4.69) is 42.3 Å². The predicted molar refractivity (Wildman–Crippen MR) is 111 cm³/mol. The Morgan fingerprint density at radius 1 is 1.11 bits per heavy atom. The smallest absolute Gasteiger partial charge is 0.260 e. The minimum Gasteiger partial charge on any atom is -0.481 e. The quantitative estimate of drug-likeness (QED) is 0.687. The molecular weight excluding hydrogens is 350 g/mol. The van der Waals surface area contributed by atoms with Crippen molar-refractivity contribution in [3.8, 4) is 11.8 Å². The van der Waals surface area contributed by atoms with Crippen molar-refractivity contribution in [1.82, 2.24) is 10.2 Å². The molecule has 28 heavy (non-hydrogen) atoms. The second-order valence-corrected chi connectivity index (χ2v) is 6.71. The van der Waals surface area contributed by atoms with Crippen LogP contribution >= 0.6 is 0 Å². The molecule has 2 rings (SSSR count). The summed E-state index contributed by atoms with van der Waals surface area (Å²) in [5.74, 6) is 0.431. The second-order valence-electron chi connectivity index (χ2n) is 6.71. The third-order valence-electron chi connectivity index (χ3n) is 4.82. The van der Waals surface area contributed by atoms with Gasteiger partial charge in [0.05, 0.1) is 11.6 Å². The fourth-order valence-electron chi connectivity index (χ4n) is 3.18. The van der Waals surface area contributed by atoms with Gasteiger partial charge in [-0.2, -0.15) is 5.26 Å². The number of rotatable bonds is 10. The zero-order valence-electron chi connectivity index (χ0n) is 16.9. The number of hydrogen-bond acceptors (Lipinski definition) is 4. The van der Waals surface area contributed by atoms with Crippen molar-refractivity contribution >= 4 is 5.91 Å². The van der Waals surface area contributed by atoms with Crippen molar-refractivity contribution in [1.29, 1.82) is 5.26 Å². The first-order chi connectivity index (χ1) is 13.6. The summed E-state index contributed by atoms with van der Waals surface area (Å²) in [4.78, 5) is 14.9. The van der Waals surface area contributed by atoms with Gasteiger partial charge in [0, 0.05) is 12.6 Å². The Balaban J connectivity index is 1.94. The zero-order valence-corrected chi connectivity index (χ0v) is 16.9. The third kappa shape index (κ3) is 6.40. The molecule has 0 saturated carbocycles. The number of benzene rings is 2. The fraction of sp³-hybridized carbons (Fsp3) is 0.391. The van der Waals surface area contributed by atoms with Crippen molar-refractivity contribution in [2.75, 3.05) is 19.6 Å². The molecule has 0 fully saturated rings. The van der Waals surface area contributed by atoms with Gasteiger partial charge < -0.3 is 10.1 Å². The van der Waals surface area contributed by atoms with Gasteiger partial charge in [-0.3, -0.25) is 9.69 Å². The predicted octanol–water partition coefficient (Wildman–Crippen LogP) is 3.39. The van der Waals surface area contributed by atoms with Gasteiger partial charge in [-0.25, -0.2) is 0 Å². The molecule has 2 aromatic carbocycles. The van der Waals surface area contributed by atoms with E-state index in [1.807, 2.05) is 18.2 Å². The van der Waals surface area contributed by atoms with Crippen LogP contribution in [0.1, 0.15) is 31.9 Å². The van der Waals surface area contributed by atoms with Crippen LogP contribution in [0.15, 0.2) is 54.6 Å². The van der Waals surface area contributed by atoms with Gasteiger partial charge in [-0.15, -0.1) is 0 Å². The molecule has 148 valence electrons. The van der Waals surface area contributed by atoms with E-state index in [9.17, 15) is 4.79 Å². The lowest BCUT2D eigenvalue weighted by atomic mass is 10.0. The van der Waals surface area contributed by atoms with Crippen molar-refractivity contribution in [3.05, 3.63) is 65.7 Å². The summed E-state index contributed by atoms with van der Waals surface area (Å²) in [7, 11) is 0. The van der Waals surface area contributed by atoms with E-state index in [1.165, 1.54) is 5.56 Å². The molecule has 2 atom stereocenters. The molecule has 0 radical (unpaired) electrons. The van der Waals surface area contributed by atoms with E-state index in [1.54, 1.807) is 31.2 Å². The first-order valence-electron chi connectivity index (χ1n) is 9.79. The number of carbonyl (C=O) groups excluding carboxylic acids is 1. The highest BCUT2D eigenvalue weighted by molar-refractivity contribution is 5.80. The topological polar surface area (TPSA) is 65.4 Å². The molecule has 0 aliphatic heterocycles. The normalized spacial score (nSPS) is 12.8. The summed E-state index contributed by atoms with van der Waals surface area (Å²) in [6, 6.07) is 19.4. The lowest BCUT2D eigenvalue weighted by Crippen LogP contribution is -2.47. The maximum atomic E-state index is 12.5. The maximum Gasteiger partial charge on any atom is 0.260 e. The van der Waals surface area contributed by atoms with Crippen LogP contribution < -0.4 is 10.1 Å². The number of nitrogens with zero attached hydrogens (tertiary/aromatic N) is 2. The van der Waals surface area contributed by atoms with Crippen molar-refractivity contribution in [2.24, 2.45) is 0 Å². The number of likely N-dealkylation sites (N-methyl/N-ethyl adjacent to an activating group) is 1. The van der Waals surface area contributed by atoms with Gasteiger partial charge in [-0.1, -0.05) is 44.2 Å². The minimum atomic E-state index is -0.609. The molecule has 1 N–H and O–H groups in total. The van der Waals surface area contributed by atoms with E-state index < -0.39 is 6.10 Å². The highest BCUT2D eigenvalue weighted by atomic mass is 16.5. The van der Waals surface area contributed by atoms with E-state index in [4.69, 9.17) is 10.00 Å². The second kappa shape index (κ2) is 11.1. The number of nitriles is 1. The largest absolute Gasteiger partial charge is 0.481 e. The van der Waals surface area contributed by atoms with E-state index in [-0.39, 0.29) is 11.9 Å². The van der Waals surface area contributed by atoms with Crippen LogP contribution in [0.3, 0.4) is 0 Å². The highest BCUT2D eigenvalue weighted by Crippen LogP contribution is 2.14. The molecule has 0 spiro atoms. The molecule has 0 heterocycles. The van der Waals surface area contributed by atoms with Crippen LogP contribution in [0.25, 0.3) is 0 Å². The summed E-state index contributed by atoms with van der Waals surface area (Å²) in [5, 5.41) is 11.9. The van der Waals surface area contributed by atoms with Crippen LogP contribution in [0.4, 0.5) is 0 Å². The van der Waals surface area contributed by atoms with Gasteiger partial charge in [0.2, 0.25) is 0 Å². The van der Waals surface area contributed by atoms with E-state index in [0.29, 0.717) is 17.9 Å². The molecule has 5 nitrogen and oxygen atoms in total. The molecule has 0 bridgehead atoms. The minimum absolute atomic E-state index is 0.144. The summed E-state index contributed by atoms with van der Waals surface area (Å²) in [6.45, 7) is 8.44. The SMILES string of the molecule is CCN(CC)C(CNC(=O)C(C)Oc1ccc(C#N)cc1)Cc1ccccc1. The molecular formula is C23H29N3O2. The lowest BCUT2D eigenvalue weighted by Gasteiger charge is -2.30. The van der Waals surface area contributed by atoms with E-state index in [0.717, 1.165) is 19.5 Å². The highest BCUT2D eigenvalue weighted by Gasteiger charge is 2.20. The molecule has 0 aliphatic carbocycles. The van der Waals surface area contributed by atoms with Crippen molar-refractivity contribution in [3.63, 3.8) is 0 Å². The first kappa shape index (κ1) is 21.5. The third-order valence-corrected chi connectivity index (χ3v) is 4.82. The summed E-state index contributed by atoms with van der Waals surface area (Å²) in [5.41, 5.74) is 1.82. The Morgan fingerprint density at radius 3 is 2.32 bits per heavy atom. The maximum absolute atomic E-state index is 12.5. The number of ether oxygens (including phenoxy) is 1. The molecule has 1 amide bonds. The fourth-order valence-corrected chi connectivity index (χ4v) is 3.18. The Morgan fingerprint density at radius 2 is 1.75 bits per heavy atom. The number of hydrogen-bond donors (Lipinski definition) is 1. The summed E-state index contributed by atoms with van der Waals surface area (Å²) in [6.07, 6.45) is 0.273. The molecule has 0 saturated heterocycles. The molecule has 2 unspecified atom stereocenters. The number of amides is 1. The average molecular weight is 380 g/mol. The van der Waals surface area contributed by atoms with Gasteiger partial charge in [0.25, 0.3) is 5.91 Å². The average Bonchev–Trinajstić information content (AvgIpc) is 2.73. The first-order valence-corrected chi connectivity index (χ1v) is 9.79. The number of nitrogens with one attached hydrogen (secondary N) is 1. The van der Waals surface area contributed by atoms with Crippen LogP contribution in [0.2, 0.25) is 0 Å². The molecule has 2 aromatic rings. The zero-order chi connectivity index (χ0) is 20.4. The van der Waals surface area contributed by atoms with Crippen LogP contribution in [0, 0.1) is 11.3 Å². The Labute approximate surface area is 167 Å². The Kier molecular flexibility index (Phi) is 8.51. The van der Waals surface area contributed by atoms with Gasteiger partial charge >= 0.3 is 0 Å². The molecule has 0 aliphatic rings. The van der Waals surface area contributed by atoms with Gasteiger partial charge in [0.1, 0.15) is 5.75 Å². The standard InChI is InChI=1S/C23H29N3O2/c1-4-26(5-2)21(15-19-9-7-6-8-10-19)17-25-23(27)18(3)28-22-13-11-20(16-24)12-14-22/h6-14,18,21H,4-5,15,17H2,1-3H3,(H,25,27).